The summed E-state index contributed by atoms with van der Waals surface area (Å²) in [4.78, 5) is 24.5. The molecule has 2 unspecified atom stereocenters. The zero-order valence-corrected chi connectivity index (χ0v) is 12.6. The molecule has 0 aliphatic carbocycles. The van der Waals surface area contributed by atoms with Crippen LogP contribution in [-0.4, -0.2) is 41.1 Å². The van der Waals surface area contributed by atoms with Gasteiger partial charge in [0.05, 0.1) is 0 Å². The summed E-state index contributed by atoms with van der Waals surface area (Å²) in [7, 11) is 0. The average Bonchev–Trinajstić information content (AvgIpc) is 2.35. The molecule has 2 atom stereocenters. The number of nitrogens with one attached hydrogen (secondary N) is 1. The Bertz CT molecular complexity index is 282. The van der Waals surface area contributed by atoms with Gasteiger partial charge < -0.3 is 15.3 Å². The summed E-state index contributed by atoms with van der Waals surface area (Å²) < 4.78 is 0. The van der Waals surface area contributed by atoms with Crippen LogP contribution in [0.15, 0.2) is 0 Å². The van der Waals surface area contributed by atoms with E-state index in [0.29, 0.717) is 6.54 Å². The van der Waals surface area contributed by atoms with E-state index in [-0.39, 0.29) is 24.4 Å². The largest absolute Gasteiger partial charge is 0.481 e. The molecule has 0 aromatic carbocycles. The van der Waals surface area contributed by atoms with Crippen molar-refractivity contribution in [3.05, 3.63) is 0 Å². The summed E-state index contributed by atoms with van der Waals surface area (Å²) in [5, 5.41) is 11.5. The number of carbonyl (C=O) groups excluding carboxylic acids is 1. The minimum atomic E-state index is -0.827. The molecule has 2 amide bonds. The first-order chi connectivity index (χ1) is 8.92. The summed E-state index contributed by atoms with van der Waals surface area (Å²) in [6, 6.07) is 0.126. The van der Waals surface area contributed by atoms with Gasteiger partial charge in [0, 0.05) is 25.6 Å². The average molecular weight is 272 g/mol. The SMILES string of the molecule is CCCCN(C(=O)NCC(C)CC(=O)O)C(C)CC. The van der Waals surface area contributed by atoms with E-state index in [1.807, 2.05) is 18.7 Å². The Kier molecular flexibility index (Phi) is 9.00. The number of unbranched alkanes of at least 4 members (excludes halogenated alkanes) is 1. The van der Waals surface area contributed by atoms with Gasteiger partial charge in [-0.3, -0.25) is 4.79 Å². The fraction of sp³-hybridized carbons (Fsp3) is 0.857. The number of aliphatic carboxylic acids is 1. The number of rotatable bonds is 9. The maximum atomic E-state index is 12.1. The molecule has 0 radical (unpaired) electrons. The van der Waals surface area contributed by atoms with Crippen LogP contribution in [0.25, 0.3) is 0 Å². The Morgan fingerprint density at radius 2 is 1.89 bits per heavy atom. The third kappa shape index (κ3) is 7.70. The Hall–Kier alpha value is -1.26. The maximum Gasteiger partial charge on any atom is 0.317 e. The Morgan fingerprint density at radius 3 is 2.37 bits per heavy atom. The van der Waals surface area contributed by atoms with Crippen molar-refractivity contribution in [1.29, 1.82) is 0 Å². The molecule has 0 aromatic heterocycles. The molecule has 2 N–H and O–H groups in total. The van der Waals surface area contributed by atoms with Crippen LogP contribution in [0.1, 0.15) is 53.4 Å². The summed E-state index contributed by atoms with van der Waals surface area (Å²) in [6.07, 6.45) is 3.04. The highest BCUT2D eigenvalue weighted by atomic mass is 16.4. The summed E-state index contributed by atoms with van der Waals surface area (Å²) in [5.41, 5.74) is 0. The van der Waals surface area contributed by atoms with E-state index in [4.69, 9.17) is 5.11 Å². The predicted molar refractivity (Wildman–Crippen MR) is 76.2 cm³/mol. The van der Waals surface area contributed by atoms with E-state index in [1.165, 1.54) is 0 Å². The standard InChI is InChI=1S/C14H28N2O3/c1-5-7-8-16(12(4)6-2)14(19)15-10-11(3)9-13(17)18/h11-12H,5-10H2,1-4H3,(H,15,19)(H,17,18). The van der Waals surface area contributed by atoms with Crippen LogP contribution >= 0.6 is 0 Å². The van der Waals surface area contributed by atoms with Crippen LogP contribution in [-0.2, 0) is 4.79 Å². The van der Waals surface area contributed by atoms with E-state index in [0.717, 1.165) is 25.8 Å². The number of carboxylic acid groups (broad SMARTS) is 1. The number of carbonyl (C=O) groups is 2. The van der Waals surface area contributed by atoms with E-state index in [9.17, 15) is 9.59 Å². The molecule has 0 aromatic rings. The van der Waals surface area contributed by atoms with Gasteiger partial charge in [-0.2, -0.15) is 0 Å². The molecular weight excluding hydrogens is 244 g/mol. The fourth-order valence-corrected chi connectivity index (χ4v) is 1.80. The van der Waals surface area contributed by atoms with Crippen molar-refractivity contribution in [2.75, 3.05) is 13.1 Å². The minimum absolute atomic E-state index is 0.0496. The second-order valence-electron chi connectivity index (χ2n) is 5.19. The Balaban J connectivity index is 4.27. The molecule has 5 heteroatoms. The zero-order valence-electron chi connectivity index (χ0n) is 12.6. The number of hydrogen-bond donors (Lipinski definition) is 2. The second kappa shape index (κ2) is 9.64. The first kappa shape index (κ1) is 17.7. The number of carboxylic acids is 1. The van der Waals surface area contributed by atoms with Crippen molar-refractivity contribution in [2.45, 2.75) is 59.4 Å². The summed E-state index contributed by atoms with van der Waals surface area (Å²) in [6.45, 7) is 9.18. The highest BCUT2D eigenvalue weighted by Crippen LogP contribution is 2.07. The van der Waals surface area contributed by atoms with Gasteiger partial charge in [-0.05, 0) is 25.7 Å². The highest BCUT2D eigenvalue weighted by Gasteiger charge is 2.18. The van der Waals surface area contributed by atoms with Gasteiger partial charge >= 0.3 is 12.0 Å². The van der Waals surface area contributed by atoms with Gasteiger partial charge in [-0.15, -0.1) is 0 Å². The molecule has 0 rings (SSSR count). The topological polar surface area (TPSA) is 69.6 Å². The van der Waals surface area contributed by atoms with Crippen LogP contribution in [0.3, 0.4) is 0 Å². The lowest BCUT2D eigenvalue weighted by molar-refractivity contribution is -0.137. The van der Waals surface area contributed by atoms with Gasteiger partial charge in [-0.25, -0.2) is 4.79 Å². The lowest BCUT2D eigenvalue weighted by Gasteiger charge is -2.29. The van der Waals surface area contributed by atoms with Crippen molar-refractivity contribution in [3.63, 3.8) is 0 Å². The summed E-state index contributed by atoms with van der Waals surface area (Å²) >= 11 is 0. The van der Waals surface area contributed by atoms with Gasteiger partial charge in [0.25, 0.3) is 0 Å². The van der Waals surface area contributed by atoms with E-state index in [2.05, 4.69) is 19.2 Å². The molecule has 5 nitrogen and oxygen atoms in total. The number of hydrogen-bond acceptors (Lipinski definition) is 2. The maximum absolute atomic E-state index is 12.1. The van der Waals surface area contributed by atoms with Crippen LogP contribution in [0, 0.1) is 5.92 Å². The molecule has 0 aliphatic heterocycles. The Labute approximate surface area is 116 Å². The number of urea groups is 1. The smallest absolute Gasteiger partial charge is 0.317 e. The first-order valence-electron chi connectivity index (χ1n) is 7.18. The minimum Gasteiger partial charge on any atom is -0.481 e. The van der Waals surface area contributed by atoms with Gasteiger partial charge in [0.1, 0.15) is 0 Å². The van der Waals surface area contributed by atoms with Gasteiger partial charge in [0.15, 0.2) is 0 Å². The van der Waals surface area contributed by atoms with Crippen molar-refractivity contribution >= 4 is 12.0 Å². The van der Waals surface area contributed by atoms with Crippen molar-refractivity contribution in [1.82, 2.24) is 10.2 Å². The summed E-state index contributed by atoms with van der Waals surface area (Å²) in [5.74, 6) is -0.877. The molecule has 19 heavy (non-hydrogen) atoms. The highest BCUT2D eigenvalue weighted by molar-refractivity contribution is 5.74. The van der Waals surface area contributed by atoms with Gasteiger partial charge in [-0.1, -0.05) is 27.2 Å². The molecule has 0 fully saturated rings. The van der Waals surface area contributed by atoms with Gasteiger partial charge in [0.2, 0.25) is 0 Å². The Morgan fingerprint density at radius 1 is 1.26 bits per heavy atom. The van der Waals surface area contributed by atoms with Crippen molar-refractivity contribution in [3.8, 4) is 0 Å². The first-order valence-corrected chi connectivity index (χ1v) is 7.18. The number of nitrogens with zero attached hydrogens (tertiary/aromatic N) is 1. The molecule has 0 saturated carbocycles. The van der Waals surface area contributed by atoms with Crippen molar-refractivity contribution < 1.29 is 14.7 Å². The monoisotopic (exact) mass is 272 g/mol. The quantitative estimate of drug-likeness (QED) is 0.678. The van der Waals surface area contributed by atoms with E-state index < -0.39 is 5.97 Å². The molecule has 0 spiro atoms. The number of amides is 2. The van der Waals surface area contributed by atoms with Crippen LogP contribution in [0.2, 0.25) is 0 Å². The fourth-order valence-electron chi connectivity index (χ4n) is 1.80. The molecule has 0 bridgehead atoms. The van der Waals surface area contributed by atoms with Crippen LogP contribution in [0.5, 0.6) is 0 Å². The van der Waals surface area contributed by atoms with E-state index in [1.54, 1.807) is 0 Å². The molecular formula is C14H28N2O3. The third-order valence-corrected chi connectivity index (χ3v) is 3.26. The third-order valence-electron chi connectivity index (χ3n) is 3.26. The van der Waals surface area contributed by atoms with Crippen LogP contribution < -0.4 is 5.32 Å². The molecule has 112 valence electrons. The second-order valence-corrected chi connectivity index (χ2v) is 5.19. The van der Waals surface area contributed by atoms with Crippen molar-refractivity contribution in [2.24, 2.45) is 5.92 Å². The lowest BCUT2D eigenvalue weighted by Crippen LogP contribution is -2.46. The zero-order chi connectivity index (χ0) is 14.8. The van der Waals surface area contributed by atoms with Crippen LogP contribution in [0.4, 0.5) is 4.79 Å². The lowest BCUT2D eigenvalue weighted by atomic mass is 10.1. The molecule has 0 aliphatic rings. The molecule has 0 heterocycles. The molecule has 0 saturated heterocycles. The van der Waals surface area contributed by atoms with E-state index >= 15 is 0 Å². The predicted octanol–water partition coefficient (Wildman–Crippen LogP) is 2.71. The normalized spacial score (nSPS) is 13.7.